The van der Waals surface area contributed by atoms with Gasteiger partial charge in [-0.15, -0.1) is 0 Å². The summed E-state index contributed by atoms with van der Waals surface area (Å²) >= 11 is 0. The van der Waals surface area contributed by atoms with Gasteiger partial charge in [0.15, 0.2) is 0 Å². The van der Waals surface area contributed by atoms with Gasteiger partial charge < -0.3 is 25.0 Å². The van der Waals surface area contributed by atoms with E-state index >= 15 is 0 Å². The lowest BCUT2D eigenvalue weighted by molar-refractivity contribution is 0.597. The summed E-state index contributed by atoms with van der Waals surface area (Å²) in [4.78, 5) is 16.6. The molecule has 2 saturated heterocycles. The number of nitrogens with one attached hydrogen (secondary N) is 4. The van der Waals surface area contributed by atoms with Gasteiger partial charge in [-0.25, -0.2) is 9.97 Å². The lowest BCUT2D eigenvalue weighted by atomic mass is 10.1. The van der Waals surface area contributed by atoms with Gasteiger partial charge >= 0.3 is 0 Å². The predicted molar refractivity (Wildman–Crippen MR) is 129 cm³/mol. The zero-order valence-electron chi connectivity index (χ0n) is 18.3. The molecule has 7 heteroatoms. The van der Waals surface area contributed by atoms with Crippen LogP contribution in [0.1, 0.15) is 49.4 Å². The normalized spacial score (nSPS) is 21.0. The Hall–Kier alpha value is -3.42. The van der Waals surface area contributed by atoms with E-state index in [1.165, 1.54) is 12.8 Å². The molecule has 4 N–H and O–H groups in total. The lowest BCUT2D eigenvalue weighted by Crippen LogP contribution is -2.13. The van der Waals surface area contributed by atoms with E-state index in [0.717, 1.165) is 82.3 Å². The Kier molecular flexibility index (Phi) is 4.38. The maximum atomic E-state index is 6.27. The van der Waals surface area contributed by atoms with E-state index in [2.05, 4.69) is 57.0 Å². The molecular weight excluding hydrogens is 412 g/mol. The highest BCUT2D eigenvalue weighted by molar-refractivity contribution is 5.83. The van der Waals surface area contributed by atoms with Crippen LogP contribution in [0.25, 0.3) is 44.7 Å². The first-order valence-corrected chi connectivity index (χ1v) is 11.9. The zero-order valence-corrected chi connectivity index (χ0v) is 18.3. The molecule has 3 aromatic heterocycles. The highest BCUT2D eigenvalue weighted by Gasteiger charge is 2.21. The largest absolute Gasteiger partial charge is 0.456 e. The standard InChI is InChI=1S/C26H26N6O/c1-3-19(27-11-1)25-29-17-7-5-15(13-21(17)31-25)23-9-10-24(33-23)16-6-8-18-22(14-16)32-26(30-18)20-4-2-12-28-20/h5-10,13-14,19-20,27-28H,1-4,11-12H2,(H,29,31)(H,30,32)/t19-,20-/m0/s1. The molecule has 7 nitrogen and oxygen atoms in total. The second-order valence-electron chi connectivity index (χ2n) is 9.17. The zero-order chi connectivity index (χ0) is 21.8. The van der Waals surface area contributed by atoms with Crippen LogP contribution in [0.3, 0.4) is 0 Å². The van der Waals surface area contributed by atoms with Crippen molar-refractivity contribution in [2.24, 2.45) is 0 Å². The monoisotopic (exact) mass is 438 g/mol. The fourth-order valence-electron chi connectivity index (χ4n) is 5.18. The maximum Gasteiger partial charge on any atom is 0.134 e. The number of furan rings is 1. The number of aromatic nitrogens is 4. The molecule has 0 spiro atoms. The van der Waals surface area contributed by atoms with Crippen molar-refractivity contribution < 1.29 is 4.42 Å². The molecule has 0 radical (unpaired) electrons. The fraction of sp³-hybridized carbons (Fsp3) is 0.308. The van der Waals surface area contributed by atoms with Gasteiger partial charge in [-0.1, -0.05) is 0 Å². The number of H-pyrrole nitrogens is 2. The minimum atomic E-state index is 0.332. The Morgan fingerprint density at radius 3 is 1.64 bits per heavy atom. The molecule has 166 valence electrons. The first kappa shape index (κ1) is 19.1. The topological polar surface area (TPSA) is 94.6 Å². The summed E-state index contributed by atoms with van der Waals surface area (Å²) in [5.74, 6) is 3.75. The van der Waals surface area contributed by atoms with E-state index in [1.54, 1.807) is 0 Å². The van der Waals surface area contributed by atoms with Crippen molar-refractivity contribution in [3.8, 4) is 22.6 Å². The average Bonchev–Trinajstić information content (AvgIpc) is 3.68. The number of rotatable bonds is 4. The van der Waals surface area contributed by atoms with Gasteiger partial charge in [-0.2, -0.15) is 0 Å². The Morgan fingerprint density at radius 1 is 0.667 bits per heavy atom. The van der Waals surface area contributed by atoms with Gasteiger partial charge in [-0.3, -0.25) is 0 Å². The number of nitrogens with zero attached hydrogens (tertiary/aromatic N) is 2. The Labute approximate surface area is 191 Å². The van der Waals surface area contributed by atoms with Crippen molar-refractivity contribution in [2.45, 2.75) is 37.8 Å². The first-order chi connectivity index (χ1) is 16.3. The third kappa shape index (κ3) is 3.35. The van der Waals surface area contributed by atoms with Crippen molar-refractivity contribution in [3.05, 3.63) is 60.2 Å². The number of imidazole rings is 2. The molecule has 5 aromatic rings. The molecule has 2 atom stereocenters. The van der Waals surface area contributed by atoms with E-state index in [1.807, 2.05) is 12.1 Å². The summed E-state index contributed by atoms with van der Waals surface area (Å²) in [6.07, 6.45) is 4.66. The van der Waals surface area contributed by atoms with Crippen LogP contribution in [0.4, 0.5) is 0 Å². The third-order valence-corrected chi connectivity index (χ3v) is 6.96. The van der Waals surface area contributed by atoms with E-state index in [0.29, 0.717) is 12.1 Å². The number of fused-ring (bicyclic) bond motifs is 2. The van der Waals surface area contributed by atoms with E-state index in [9.17, 15) is 0 Å². The molecule has 0 amide bonds. The fourth-order valence-corrected chi connectivity index (χ4v) is 5.18. The van der Waals surface area contributed by atoms with Crippen LogP contribution in [0.2, 0.25) is 0 Å². The molecule has 2 fully saturated rings. The van der Waals surface area contributed by atoms with Crippen LogP contribution < -0.4 is 10.6 Å². The van der Waals surface area contributed by atoms with Crippen LogP contribution in [-0.2, 0) is 0 Å². The van der Waals surface area contributed by atoms with Crippen molar-refractivity contribution in [3.63, 3.8) is 0 Å². The molecule has 5 heterocycles. The summed E-state index contributed by atoms with van der Waals surface area (Å²) in [5, 5.41) is 7.02. The molecule has 33 heavy (non-hydrogen) atoms. The lowest BCUT2D eigenvalue weighted by Gasteiger charge is -2.04. The van der Waals surface area contributed by atoms with Gasteiger partial charge in [-0.05, 0) is 87.3 Å². The molecule has 2 aromatic carbocycles. The third-order valence-electron chi connectivity index (χ3n) is 6.96. The maximum absolute atomic E-state index is 6.27. The van der Waals surface area contributed by atoms with Gasteiger partial charge in [0, 0.05) is 11.1 Å². The van der Waals surface area contributed by atoms with Crippen molar-refractivity contribution in [2.75, 3.05) is 13.1 Å². The average molecular weight is 439 g/mol. The summed E-state index contributed by atoms with van der Waals surface area (Å²) in [6.45, 7) is 2.12. The molecule has 0 saturated carbocycles. The Bertz CT molecular complexity index is 1340. The number of aromatic amines is 2. The summed E-state index contributed by atoms with van der Waals surface area (Å²) < 4.78 is 6.27. The Balaban J connectivity index is 1.18. The van der Waals surface area contributed by atoms with Gasteiger partial charge in [0.25, 0.3) is 0 Å². The quantitative estimate of drug-likeness (QED) is 0.309. The SMILES string of the molecule is c1cc2nc([C@@H]3CCCN3)[nH]c2cc1-c1ccc(-c2ccc3nc([C@@H]4CCCN4)[nH]c3c2)o1. The number of hydrogen-bond acceptors (Lipinski definition) is 5. The second-order valence-corrected chi connectivity index (χ2v) is 9.17. The number of benzene rings is 2. The van der Waals surface area contributed by atoms with Crippen molar-refractivity contribution in [1.82, 2.24) is 30.6 Å². The highest BCUT2D eigenvalue weighted by Crippen LogP contribution is 2.32. The second kappa shape index (κ2) is 7.57. The highest BCUT2D eigenvalue weighted by atomic mass is 16.3. The van der Waals surface area contributed by atoms with Crippen LogP contribution >= 0.6 is 0 Å². The van der Waals surface area contributed by atoms with Gasteiger partial charge in [0.1, 0.15) is 23.2 Å². The van der Waals surface area contributed by atoms with Gasteiger partial charge in [0.2, 0.25) is 0 Å². The molecule has 0 unspecified atom stereocenters. The molecule has 0 aliphatic carbocycles. The molecule has 2 aliphatic rings. The van der Waals surface area contributed by atoms with Crippen LogP contribution in [0.15, 0.2) is 52.9 Å². The molecule has 0 bridgehead atoms. The van der Waals surface area contributed by atoms with Crippen LogP contribution in [0.5, 0.6) is 0 Å². The molecule has 7 rings (SSSR count). The van der Waals surface area contributed by atoms with Crippen molar-refractivity contribution >= 4 is 22.1 Å². The minimum Gasteiger partial charge on any atom is -0.456 e. The van der Waals surface area contributed by atoms with E-state index < -0.39 is 0 Å². The summed E-state index contributed by atoms with van der Waals surface area (Å²) in [7, 11) is 0. The summed E-state index contributed by atoms with van der Waals surface area (Å²) in [6, 6.07) is 17.3. The summed E-state index contributed by atoms with van der Waals surface area (Å²) in [5.41, 5.74) is 6.15. The number of hydrogen-bond donors (Lipinski definition) is 4. The smallest absolute Gasteiger partial charge is 0.134 e. The van der Waals surface area contributed by atoms with E-state index in [4.69, 9.17) is 14.4 Å². The van der Waals surface area contributed by atoms with Crippen LogP contribution in [-0.4, -0.2) is 33.0 Å². The first-order valence-electron chi connectivity index (χ1n) is 11.9. The molecular formula is C26H26N6O. The van der Waals surface area contributed by atoms with Crippen molar-refractivity contribution in [1.29, 1.82) is 0 Å². The van der Waals surface area contributed by atoms with Gasteiger partial charge in [0.05, 0.1) is 34.2 Å². The predicted octanol–water partition coefficient (Wildman–Crippen LogP) is 5.22. The van der Waals surface area contributed by atoms with E-state index in [-0.39, 0.29) is 0 Å². The van der Waals surface area contributed by atoms with Crippen LogP contribution in [0, 0.1) is 0 Å². The molecule has 2 aliphatic heterocycles. The Morgan fingerprint density at radius 2 is 1.18 bits per heavy atom. The minimum absolute atomic E-state index is 0.332.